The second kappa shape index (κ2) is 5.71. The molecule has 0 fully saturated rings. The summed E-state index contributed by atoms with van der Waals surface area (Å²) >= 11 is 0. The van der Waals surface area contributed by atoms with Gasteiger partial charge in [0.15, 0.2) is 0 Å². The van der Waals surface area contributed by atoms with Crippen molar-refractivity contribution in [3.63, 3.8) is 0 Å². The zero-order valence-electron chi connectivity index (χ0n) is 8.91. The Labute approximate surface area is 95.2 Å². The molecule has 80 valence electrons. The van der Waals surface area contributed by atoms with Crippen molar-refractivity contribution in [3.05, 3.63) is 71.8 Å². The van der Waals surface area contributed by atoms with Crippen LogP contribution in [0.1, 0.15) is 11.1 Å². The molecule has 0 unspecified atom stereocenters. The van der Waals surface area contributed by atoms with Gasteiger partial charge in [-0.2, -0.15) is 0 Å². The first kappa shape index (κ1) is 10.4. The van der Waals surface area contributed by atoms with Crippen LogP contribution in [0.5, 0.6) is 0 Å². The van der Waals surface area contributed by atoms with Crippen molar-refractivity contribution < 1.29 is 4.84 Å². The highest BCUT2D eigenvalue weighted by Gasteiger charge is 1.89. The Morgan fingerprint density at radius 2 is 1.50 bits per heavy atom. The molecule has 0 atom stereocenters. The van der Waals surface area contributed by atoms with Crippen LogP contribution >= 0.6 is 0 Å². The van der Waals surface area contributed by atoms with E-state index in [1.807, 2.05) is 60.7 Å². The largest absolute Gasteiger partial charge is 0.391 e. The summed E-state index contributed by atoms with van der Waals surface area (Å²) in [4.78, 5) is 5.19. The van der Waals surface area contributed by atoms with Crippen LogP contribution in [0.4, 0.5) is 0 Å². The minimum atomic E-state index is 0.504. The summed E-state index contributed by atoms with van der Waals surface area (Å²) < 4.78 is 0. The van der Waals surface area contributed by atoms with Crippen LogP contribution in [0.3, 0.4) is 0 Å². The summed E-state index contributed by atoms with van der Waals surface area (Å²) in [6.45, 7) is 0.504. The molecule has 0 bridgehead atoms. The normalized spacial score (nSPS) is 10.5. The zero-order chi connectivity index (χ0) is 11.1. The quantitative estimate of drug-likeness (QED) is 0.562. The first-order valence-corrected chi connectivity index (χ1v) is 5.19. The minimum absolute atomic E-state index is 0.504. The highest BCUT2D eigenvalue weighted by molar-refractivity contribution is 5.78. The predicted molar refractivity (Wildman–Crippen MR) is 65.3 cm³/mol. The molecule has 0 saturated carbocycles. The van der Waals surface area contributed by atoms with Crippen molar-refractivity contribution in [1.82, 2.24) is 0 Å². The van der Waals surface area contributed by atoms with Crippen LogP contribution in [0.15, 0.2) is 65.8 Å². The SMILES string of the molecule is C(=N\OCc1ccccc1)/c1ccccc1. The highest BCUT2D eigenvalue weighted by Crippen LogP contribution is 2.01. The second-order valence-electron chi connectivity index (χ2n) is 3.40. The van der Waals surface area contributed by atoms with Gasteiger partial charge in [-0.1, -0.05) is 65.8 Å². The van der Waals surface area contributed by atoms with Crippen LogP contribution in [0, 0.1) is 0 Å². The number of nitrogens with zero attached hydrogens (tertiary/aromatic N) is 1. The van der Waals surface area contributed by atoms with Gasteiger partial charge in [0.2, 0.25) is 0 Å². The van der Waals surface area contributed by atoms with Crippen molar-refractivity contribution in [1.29, 1.82) is 0 Å². The summed E-state index contributed by atoms with van der Waals surface area (Å²) in [5.41, 5.74) is 2.16. The van der Waals surface area contributed by atoms with Crippen LogP contribution in [-0.2, 0) is 11.4 Å². The lowest BCUT2D eigenvalue weighted by molar-refractivity contribution is 0.132. The third-order valence-electron chi connectivity index (χ3n) is 2.15. The van der Waals surface area contributed by atoms with E-state index in [4.69, 9.17) is 4.84 Å². The maximum atomic E-state index is 5.19. The van der Waals surface area contributed by atoms with E-state index in [0.717, 1.165) is 11.1 Å². The first-order valence-electron chi connectivity index (χ1n) is 5.19. The highest BCUT2D eigenvalue weighted by atomic mass is 16.6. The van der Waals surface area contributed by atoms with E-state index in [0.29, 0.717) is 6.61 Å². The Morgan fingerprint density at radius 3 is 2.19 bits per heavy atom. The average molecular weight is 211 g/mol. The van der Waals surface area contributed by atoms with Gasteiger partial charge >= 0.3 is 0 Å². The van der Waals surface area contributed by atoms with Crippen molar-refractivity contribution in [2.75, 3.05) is 0 Å². The van der Waals surface area contributed by atoms with Gasteiger partial charge < -0.3 is 4.84 Å². The fourth-order valence-electron chi connectivity index (χ4n) is 1.32. The Bertz CT molecular complexity index is 437. The molecule has 2 aromatic rings. The lowest BCUT2D eigenvalue weighted by atomic mass is 10.2. The molecule has 0 aromatic heterocycles. The minimum Gasteiger partial charge on any atom is -0.391 e. The molecule has 0 saturated heterocycles. The van der Waals surface area contributed by atoms with Gasteiger partial charge in [0.1, 0.15) is 6.61 Å². The van der Waals surface area contributed by atoms with E-state index < -0.39 is 0 Å². The standard InChI is InChI=1S/C14H13NO/c1-3-7-13(8-4-1)11-15-16-12-14-9-5-2-6-10-14/h1-11H,12H2/b15-11+. The Balaban J connectivity index is 1.83. The summed E-state index contributed by atoms with van der Waals surface area (Å²) in [6, 6.07) is 19.9. The van der Waals surface area contributed by atoms with Crippen LogP contribution in [0.25, 0.3) is 0 Å². The van der Waals surface area contributed by atoms with Gasteiger partial charge in [-0.25, -0.2) is 0 Å². The lowest BCUT2D eigenvalue weighted by Gasteiger charge is -1.98. The molecule has 2 rings (SSSR count). The fraction of sp³-hybridized carbons (Fsp3) is 0.0714. The van der Waals surface area contributed by atoms with E-state index in [1.165, 1.54) is 0 Å². The molecule has 0 radical (unpaired) electrons. The zero-order valence-corrected chi connectivity index (χ0v) is 8.91. The summed E-state index contributed by atoms with van der Waals surface area (Å²) in [5.74, 6) is 0. The smallest absolute Gasteiger partial charge is 0.142 e. The molecule has 0 amide bonds. The maximum Gasteiger partial charge on any atom is 0.142 e. The molecule has 0 aliphatic heterocycles. The van der Waals surface area contributed by atoms with Gasteiger partial charge in [-0.3, -0.25) is 0 Å². The van der Waals surface area contributed by atoms with Crippen molar-refractivity contribution >= 4 is 6.21 Å². The van der Waals surface area contributed by atoms with Gasteiger partial charge in [0.05, 0.1) is 6.21 Å². The molecule has 0 aliphatic rings. The van der Waals surface area contributed by atoms with Crippen molar-refractivity contribution in [2.24, 2.45) is 5.16 Å². The fourth-order valence-corrected chi connectivity index (χ4v) is 1.32. The number of hydrogen-bond donors (Lipinski definition) is 0. The number of oxime groups is 1. The summed E-state index contributed by atoms with van der Waals surface area (Å²) in [6.07, 6.45) is 1.71. The molecular weight excluding hydrogens is 198 g/mol. The number of benzene rings is 2. The second-order valence-corrected chi connectivity index (χ2v) is 3.40. The van der Waals surface area contributed by atoms with Gasteiger partial charge in [0, 0.05) is 0 Å². The topological polar surface area (TPSA) is 21.6 Å². The van der Waals surface area contributed by atoms with Gasteiger partial charge in [-0.05, 0) is 11.1 Å². The summed E-state index contributed by atoms with van der Waals surface area (Å²) in [7, 11) is 0. The van der Waals surface area contributed by atoms with E-state index >= 15 is 0 Å². The van der Waals surface area contributed by atoms with Crippen LogP contribution in [-0.4, -0.2) is 6.21 Å². The Kier molecular flexibility index (Phi) is 3.72. The third-order valence-corrected chi connectivity index (χ3v) is 2.15. The predicted octanol–water partition coefficient (Wildman–Crippen LogP) is 3.24. The Morgan fingerprint density at radius 1 is 0.875 bits per heavy atom. The third kappa shape index (κ3) is 3.24. The lowest BCUT2D eigenvalue weighted by Crippen LogP contribution is -1.87. The van der Waals surface area contributed by atoms with E-state index in [2.05, 4.69) is 5.16 Å². The van der Waals surface area contributed by atoms with Crippen molar-refractivity contribution in [2.45, 2.75) is 6.61 Å². The number of rotatable bonds is 4. The molecule has 0 spiro atoms. The van der Waals surface area contributed by atoms with Gasteiger partial charge in [-0.15, -0.1) is 0 Å². The molecule has 0 heterocycles. The molecule has 0 aliphatic carbocycles. The van der Waals surface area contributed by atoms with Crippen molar-refractivity contribution in [3.8, 4) is 0 Å². The monoisotopic (exact) mass is 211 g/mol. The van der Waals surface area contributed by atoms with Crippen LogP contribution < -0.4 is 0 Å². The van der Waals surface area contributed by atoms with E-state index in [-0.39, 0.29) is 0 Å². The molecule has 16 heavy (non-hydrogen) atoms. The number of hydrogen-bond acceptors (Lipinski definition) is 2. The molecule has 2 heteroatoms. The van der Waals surface area contributed by atoms with E-state index in [1.54, 1.807) is 6.21 Å². The molecule has 0 N–H and O–H groups in total. The van der Waals surface area contributed by atoms with E-state index in [9.17, 15) is 0 Å². The van der Waals surface area contributed by atoms with Gasteiger partial charge in [0.25, 0.3) is 0 Å². The molecular formula is C14H13NO. The van der Waals surface area contributed by atoms with Crippen LogP contribution in [0.2, 0.25) is 0 Å². The Hall–Kier alpha value is -2.09. The summed E-state index contributed by atoms with van der Waals surface area (Å²) in [5, 5.41) is 3.91. The maximum absolute atomic E-state index is 5.19. The molecule has 2 aromatic carbocycles. The average Bonchev–Trinajstić information content (AvgIpc) is 2.37. The molecule has 2 nitrogen and oxygen atoms in total. The first-order chi connectivity index (χ1) is 7.95.